The molecule has 4 N–H and O–H groups in total. The highest BCUT2D eigenvalue weighted by atomic mass is 16.4. The summed E-state index contributed by atoms with van der Waals surface area (Å²) in [5.74, 6) is -1.41. The van der Waals surface area contributed by atoms with Crippen LogP contribution in [-0.2, 0) is 23.2 Å². The fraction of sp³-hybridized carbons (Fsp3) is 0.400. The van der Waals surface area contributed by atoms with Gasteiger partial charge in [-0.05, 0) is 0 Å². The highest BCUT2D eigenvalue weighted by Crippen LogP contribution is 1.95. The van der Waals surface area contributed by atoms with Crippen molar-refractivity contribution in [2.45, 2.75) is 6.54 Å². The van der Waals surface area contributed by atoms with Crippen LogP contribution in [-0.4, -0.2) is 50.6 Å². The Labute approximate surface area is 109 Å². The maximum atomic E-state index is 11.7. The number of aromatic nitrogens is 2. The summed E-state index contributed by atoms with van der Waals surface area (Å²) in [4.78, 5) is 37.9. The maximum absolute atomic E-state index is 11.7. The molecule has 0 aromatic carbocycles. The number of carbonyl (C=O) groups is 3. The summed E-state index contributed by atoms with van der Waals surface area (Å²) in [6.45, 7) is -0.939. The molecule has 0 saturated heterocycles. The van der Waals surface area contributed by atoms with Crippen LogP contribution in [0.25, 0.3) is 0 Å². The lowest BCUT2D eigenvalue weighted by atomic mass is 10.4. The van der Waals surface area contributed by atoms with Gasteiger partial charge in [-0.25, -0.2) is 9.78 Å². The molecule has 1 aromatic rings. The second kappa shape index (κ2) is 6.38. The highest BCUT2D eigenvalue weighted by Gasteiger charge is 2.18. The van der Waals surface area contributed by atoms with E-state index in [-0.39, 0.29) is 6.54 Å². The second-order valence-electron chi connectivity index (χ2n) is 3.83. The second-order valence-corrected chi connectivity index (χ2v) is 3.83. The zero-order valence-electron chi connectivity index (χ0n) is 10.4. The molecule has 0 aliphatic carbocycles. The minimum atomic E-state index is -1.23. The van der Waals surface area contributed by atoms with Gasteiger partial charge in [0.05, 0.1) is 6.54 Å². The van der Waals surface area contributed by atoms with E-state index in [1.54, 1.807) is 24.0 Å². The first-order valence-corrected chi connectivity index (χ1v) is 5.39. The summed E-state index contributed by atoms with van der Waals surface area (Å²) in [7, 11) is 1.76. The molecule has 9 nitrogen and oxygen atoms in total. The van der Waals surface area contributed by atoms with E-state index in [4.69, 9.17) is 10.8 Å². The molecule has 0 aliphatic rings. The molecule has 3 amide bonds. The molecule has 1 rings (SSSR count). The third-order valence-electron chi connectivity index (χ3n) is 2.28. The van der Waals surface area contributed by atoms with Crippen LogP contribution < -0.4 is 11.1 Å². The first kappa shape index (κ1) is 14.5. The van der Waals surface area contributed by atoms with Gasteiger partial charge >= 0.3 is 12.0 Å². The van der Waals surface area contributed by atoms with E-state index in [1.165, 1.54) is 0 Å². The number of nitrogens with zero attached hydrogens (tertiary/aromatic N) is 3. The molecule has 0 bridgehead atoms. The average molecular weight is 269 g/mol. The van der Waals surface area contributed by atoms with Gasteiger partial charge in [0.1, 0.15) is 18.9 Å². The van der Waals surface area contributed by atoms with Crippen molar-refractivity contribution in [1.82, 2.24) is 19.8 Å². The quantitative estimate of drug-likeness (QED) is 0.578. The normalized spacial score (nSPS) is 9.95. The van der Waals surface area contributed by atoms with Crippen molar-refractivity contribution in [3.8, 4) is 0 Å². The van der Waals surface area contributed by atoms with Gasteiger partial charge in [0, 0.05) is 19.4 Å². The number of nitrogens with two attached hydrogens (primary N) is 1. The summed E-state index contributed by atoms with van der Waals surface area (Å²) >= 11 is 0. The van der Waals surface area contributed by atoms with Gasteiger partial charge in [0.2, 0.25) is 5.91 Å². The summed E-state index contributed by atoms with van der Waals surface area (Å²) in [6.07, 6.45) is 3.28. The van der Waals surface area contributed by atoms with Crippen molar-refractivity contribution in [2.75, 3.05) is 13.1 Å². The molecule has 9 heteroatoms. The van der Waals surface area contributed by atoms with Gasteiger partial charge in [-0.3, -0.25) is 9.59 Å². The van der Waals surface area contributed by atoms with Crippen molar-refractivity contribution in [3.63, 3.8) is 0 Å². The monoisotopic (exact) mass is 269 g/mol. The Hall–Kier alpha value is -2.58. The molecule has 0 atom stereocenters. The molecule has 104 valence electrons. The number of carboxylic acid groups (broad SMARTS) is 1. The Morgan fingerprint density at radius 1 is 1.47 bits per heavy atom. The van der Waals surface area contributed by atoms with Crippen LogP contribution in [0.1, 0.15) is 5.82 Å². The van der Waals surface area contributed by atoms with Crippen LogP contribution in [0.3, 0.4) is 0 Å². The number of hydrogen-bond donors (Lipinski definition) is 3. The van der Waals surface area contributed by atoms with Crippen molar-refractivity contribution >= 4 is 17.9 Å². The highest BCUT2D eigenvalue weighted by molar-refractivity contribution is 5.85. The van der Waals surface area contributed by atoms with Crippen LogP contribution in [0, 0.1) is 0 Å². The van der Waals surface area contributed by atoms with E-state index in [9.17, 15) is 14.4 Å². The lowest BCUT2D eigenvalue weighted by Gasteiger charge is -2.19. The number of aliphatic carboxylic acids is 1. The summed E-state index contributed by atoms with van der Waals surface area (Å²) in [5, 5.41) is 11.1. The molecule has 0 saturated carbocycles. The van der Waals surface area contributed by atoms with Crippen LogP contribution in [0.4, 0.5) is 4.79 Å². The van der Waals surface area contributed by atoms with E-state index < -0.39 is 31.0 Å². The van der Waals surface area contributed by atoms with Crippen molar-refractivity contribution in [1.29, 1.82) is 0 Å². The lowest BCUT2D eigenvalue weighted by molar-refractivity contribution is -0.137. The van der Waals surface area contributed by atoms with Crippen molar-refractivity contribution in [3.05, 3.63) is 18.2 Å². The number of aryl methyl sites for hydroxylation is 1. The molecule has 1 aromatic heterocycles. The van der Waals surface area contributed by atoms with Crippen LogP contribution in [0.2, 0.25) is 0 Å². The van der Waals surface area contributed by atoms with E-state index in [2.05, 4.69) is 10.3 Å². The zero-order chi connectivity index (χ0) is 14.4. The summed E-state index contributed by atoms with van der Waals surface area (Å²) < 4.78 is 1.70. The van der Waals surface area contributed by atoms with Gasteiger partial charge < -0.3 is 25.6 Å². The van der Waals surface area contributed by atoms with Crippen molar-refractivity contribution < 1.29 is 19.5 Å². The van der Waals surface area contributed by atoms with Gasteiger partial charge in [0.25, 0.3) is 0 Å². The number of urea groups is 1. The van der Waals surface area contributed by atoms with E-state index in [1.807, 2.05) is 0 Å². The molecular formula is C10H15N5O4. The van der Waals surface area contributed by atoms with Crippen molar-refractivity contribution in [2.24, 2.45) is 12.8 Å². The SMILES string of the molecule is Cn1ccnc1CNC(=O)N(CC(N)=O)CC(=O)O. The number of primary amides is 1. The summed E-state index contributed by atoms with van der Waals surface area (Å²) in [5.41, 5.74) is 4.95. The van der Waals surface area contributed by atoms with Crippen LogP contribution in [0.15, 0.2) is 12.4 Å². The molecule has 0 radical (unpaired) electrons. The largest absolute Gasteiger partial charge is 0.480 e. The van der Waals surface area contributed by atoms with Gasteiger partial charge in [-0.15, -0.1) is 0 Å². The fourth-order valence-corrected chi connectivity index (χ4v) is 1.38. The Kier molecular flexibility index (Phi) is 4.86. The Morgan fingerprint density at radius 3 is 2.63 bits per heavy atom. The fourth-order valence-electron chi connectivity index (χ4n) is 1.38. The number of hydrogen-bond acceptors (Lipinski definition) is 4. The number of imidazole rings is 1. The number of carbonyl (C=O) groups excluding carboxylic acids is 2. The van der Waals surface area contributed by atoms with Gasteiger partial charge in [-0.2, -0.15) is 0 Å². The molecule has 0 aliphatic heterocycles. The summed E-state index contributed by atoms with van der Waals surface area (Å²) in [6, 6.07) is -0.691. The predicted octanol–water partition coefficient (Wildman–Crippen LogP) is -1.50. The Morgan fingerprint density at radius 2 is 2.16 bits per heavy atom. The van der Waals surface area contributed by atoms with E-state index in [0.29, 0.717) is 5.82 Å². The third kappa shape index (κ3) is 4.66. The standard InChI is InChI=1S/C10H15N5O4/c1-14-3-2-12-8(14)4-13-10(19)15(5-7(11)16)6-9(17)18/h2-3H,4-6H2,1H3,(H2,11,16)(H,13,19)(H,17,18). The predicted molar refractivity (Wildman–Crippen MR) is 63.8 cm³/mol. The first-order valence-electron chi connectivity index (χ1n) is 5.39. The third-order valence-corrected chi connectivity index (χ3v) is 2.28. The van der Waals surface area contributed by atoms with E-state index in [0.717, 1.165) is 4.90 Å². The molecule has 1 heterocycles. The average Bonchev–Trinajstić information content (AvgIpc) is 2.69. The topological polar surface area (TPSA) is 131 Å². The molecule has 19 heavy (non-hydrogen) atoms. The van der Waals surface area contributed by atoms with E-state index >= 15 is 0 Å². The molecule has 0 spiro atoms. The van der Waals surface area contributed by atoms with Gasteiger partial charge in [0.15, 0.2) is 0 Å². The lowest BCUT2D eigenvalue weighted by Crippen LogP contribution is -2.46. The minimum Gasteiger partial charge on any atom is -0.480 e. The number of carboxylic acids is 1. The number of nitrogens with one attached hydrogen (secondary N) is 1. The Bertz CT molecular complexity index is 468. The van der Waals surface area contributed by atoms with Crippen LogP contribution >= 0.6 is 0 Å². The number of amides is 3. The smallest absolute Gasteiger partial charge is 0.323 e. The molecular weight excluding hydrogens is 254 g/mol. The maximum Gasteiger partial charge on any atom is 0.323 e. The Balaban J connectivity index is 2.58. The minimum absolute atomic E-state index is 0.122. The zero-order valence-corrected chi connectivity index (χ0v) is 10.4. The van der Waals surface area contributed by atoms with Crippen LogP contribution in [0.5, 0.6) is 0 Å². The first-order chi connectivity index (χ1) is 8.90. The number of rotatable bonds is 6. The van der Waals surface area contributed by atoms with Gasteiger partial charge in [-0.1, -0.05) is 0 Å². The molecule has 0 unspecified atom stereocenters. The molecule has 0 fully saturated rings.